The standard InChI is InChI=1S/C22H25F3N2O3S/c1-4-16-5-7-18(8-6-16)27(14-15(2)3)31(29,30)19-9-10-20-17(13-19)11-12-26(20)21(28)22(23,24)25/h5-10,13,15H,4,11-12,14H2,1-3H3. The fraction of sp³-hybridized carbons (Fsp3) is 0.409. The molecule has 0 saturated heterocycles. The Morgan fingerprint density at radius 3 is 2.32 bits per heavy atom. The molecule has 1 aliphatic heterocycles. The van der Waals surface area contributed by atoms with E-state index in [1.807, 2.05) is 32.9 Å². The van der Waals surface area contributed by atoms with Gasteiger partial charge in [0.15, 0.2) is 0 Å². The Kier molecular flexibility index (Phi) is 6.36. The zero-order valence-corrected chi connectivity index (χ0v) is 18.4. The van der Waals surface area contributed by atoms with Gasteiger partial charge in [-0.25, -0.2) is 8.42 Å². The number of benzene rings is 2. The molecular formula is C22H25F3N2O3S. The number of hydrogen-bond donors (Lipinski definition) is 0. The van der Waals surface area contributed by atoms with Crippen LogP contribution in [0.25, 0.3) is 0 Å². The van der Waals surface area contributed by atoms with Gasteiger partial charge in [0.25, 0.3) is 10.0 Å². The van der Waals surface area contributed by atoms with E-state index in [-0.39, 0.29) is 36.0 Å². The minimum atomic E-state index is -4.98. The quantitative estimate of drug-likeness (QED) is 0.643. The Hall–Kier alpha value is -2.55. The zero-order valence-electron chi connectivity index (χ0n) is 17.6. The van der Waals surface area contributed by atoms with E-state index in [2.05, 4.69) is 0 Å². The Morgan fingerprint density at radius 1 is 1.13 bits per heavy atom. The van der Waals surface area contributed by atoms with Crippen molar-refractivity contribution >= 4 is 27.3 Å². The number of aryl methyl sites for hydroxylation is 1. The van der Waals surface area contributed by atoms with Gasteiger partial charge in [0.1, 0.15) is 0 Å². The van der Waals surface area contributed by atoms with Crippen molar-refractivity contribution in [2.75, 3.05) is 22.3 Å². The summed E-state index contributed by atoms with van der Waals surface area (Å²) in [4.78, 5) is 12.3. The molecule has 0 fully saturated rings. The minimum absolute atomic E-state index is 0.00669. The maximum Gasteiger partial charge on any atom is 0.471 e. The average molecular weight is 455 g/mol. The number of alkyl halides is 3. The highest BCUT2D eigenvalue weighted by molar-refractivity contribution is 7.92. The molecule has 0 aliphatic carbocycles. The molecular weight excluding hydrogens is 429 g/mol. The number of nitrogens with zero attached hydrogens (tertiary/aromatic N) is 2. The molecule has 9 heteroatoms. The molecule has 2 aromatic rings. The second kappa shape index (κ2) is 8.53. The van der Waals surface area contributed by atoms with Crippen molar-refractivity contribution in [2.24, 2.45) is 5.92 Å². The van der Waals surface area contributed by atoms with Crippen LogP contribution < -0.4 is 9.21 Å². The fourth-order valence-electron chi connectivity index (χ4n) is 3.60. The molecule has 1 heterocycles. The summed E-state index contributed by atoms with van der Waals surface area (Å²) < 4.78 is 66.8. The van der Waals surface area contributed by atoms with E-state index in [4.69, 9.17) is 0 Å². The molecule has 0 radical (unpaired) electrons. The number of rotatable bonds is 6. The van der Waals surface area contributed by atoms with E-state index < -0.39 is 22.1 Å². The third-order valence-corrected chi connectivity index (χ3v) is 6.98. The van der Waals surface area contributed by atoms with Gasteiger partial charge in [0, 0.05) is 18.8 Å². The highest BCUT2D eigenvalue weighted by Gasteiger charge is 2.45. The van der Waals surface area contributed by atoms with Crippen molar-refractivity contribution in [1.29, 1.82) is 0 Å². The van der Waals surface area contributed by atoms with Crippen LogP contribution in [0.5, 0.6) is 0 Å². The number of halogens is 3. The van der Waals surface area contributed by atoms with Crippen molar-refractivity contribution in [1.82, 2.24) is 0 Å². The monoisotopic (exact) mass is 454 g/mol. The van der Waals surface area contributed by atoms with Gasteiger partial charge in [-0.1, -0.05) is 32.9 Å². The van der Waals surface area contributed by atoms with E-state index >= 15 is 0 Å². The summed E-state index contributed by atoms with van der Waals surface area (Å²) in [6.45, 7) is 5.95. The molecule has 1 amide bonds. The van der Waals surface area contributed by atoms with Crippen molar-refractivity contribution in [3.05, 3.63) is 53.6 Å². The maximum atomic E-state index is 13.5. The predicted octanol–water partition coefficient (Wildman–Crippen LogP) is 4.55. The molecule has 168 valence electrons. The van der Waals surface area contributed by atoms with Crippen LogP contribution in [0, 0.1) is 5.92 Å². The normalized spacial score (nSPS) is 14.1. The Morgan fingerprint density at radius 2 is 1.77 bits per heavy atom. The smallest absolute Gasteiger partial charge is 0.304 e. The number of sulfonamides is 1. The van der Waals surface area contributed by atoms with Crippen molar-refractivity contribution in [3.8, 4) is 0 Å². The van der Waals surface area contributed by atoms with E-state index in [0.717, 1.165) is 12.0 Å². The van der Waals surface area contributed by atoms with Crippen molar-refractivity contribution in [3.63, 3.8) is 0 Å². The van der Waals surface area contributed by atoms with Crippen LogP contribution in [-0.2, 0) is 27.7 Å². The second-order valence-corrected chi connectivity index (χ2v) is 9.81. The summed E-state index contributed by atoms with van der Waals surface area (Å²) in [5, 5.41) is 0. The first-order valence-electron chi connectivity index (χ1n) is 10.1. The molecule has 2 aromatic carbocycles. The number of carbonyl (C=O) groups excluding carboxylic acids is 1. The lowest BCUT2D eigenvalue weighted by Crippen LogP contribution is -2.40. The summed E-state index contributed by atoms with van der Waals surface area (Å²) in [7, 11) is -3.95. The van der Waals surface area contributed by atoms with Crippen LogP contribution in [0.4, 0.5) is 24.5 Å². The second-order valence-electron chi connectivity index (χ2n) is 7.95. The molecule has 0 aromatic heterocycles. The molecule has 0 saturated carbocycles. The third-order valence-electron chi connectivity index (χ3n) is 5.19. The third kappa shape index (κ3) is 4.71. The van der Waals surface area contributed by atoms with Gasteiger partial charge in [-0.3, -0.25) is 9.10 Å². The van der Waals surface area contributed by atoms with Crippen LogP contribution in [0.1, 0.15) is 31.9 Å². The van der Waals surface area contributed by atoms with Crippen LogP contribution >= 0.6 is 0 Å². The van der Waals surface area contributed by atoms with Crippen LogP contribution in [-0.4, -0.2) is 33.6 Å². The Balaban J connectivity index is 1.98. The topological polar surface area (TPSA) is 57.7 Å². The minimum Gasteiger partial charge on any atom is -0.304 e. The van der Waals surface area contributed by atoms with Gasteiger partial charge in [0.05, 0.1) is 10.6 Å². The first kappa shape index (κ1) is 23.1. The Labute approximate surface area is 180 Å². The summed E-state index contributed by atoms with van der Waals surface area (Å²) in [5.41, 5.74) is 2.12. The molecule has 0 bridgehead atoms. The lowest BCUT2D eigenvalue weighted by atomic mass is 10.1. The van der Waals surface area contributed by atoms with Gasteiger partial charge in [0.2, 0.25) is 0 Å². The number of amides is 1. The highest BCUT2D eigenvalue weighted by atomic mass is 32.2. The van der Waals surface area contributed by atoms with E-state index in [9.17, 15) is 26.4 Å². The van der Waals surface area contributed by atoms with Gasteiger partial charge in [-0.15, -0.1) is 0 Å². The molecule has 0 atom stereocenters. The number of hydrogen-bond acceptors (Lipinski definition) is 3. The molecule has 31 heavy (non-hydrogen) atoms. The predicted molar refractivity (Wildman–Crippen MR) is 114 cm³/mol. The molecule has 0 spiro atoms. The maximum absolute atomic E-state index is 13.5. The summed E-state index contributed by atoms with van der Waals surface area (Å²) >= 11 is 0. The zero-order chi connectivity index (χ0) is 23.0. The molecule has 0 N–H and O–H groups in total. The fourth-order valence-corrected chi connectivity index (χ4v) is 5.28. The van der Waals surface area contributed by atoms with Crippen molar-refractivity contribution in [2.45, 2.75) is 44.7 Å². The Bertz CT molecular complexity index is 1060. The van der Waals surface area contributed by atoms with Gasteiger partial charge in [-0.05, 0) is 60.2 Å². The van der Waals surface area contributed by atoms with Gasteiger partial charge < -0.3 is 4.90 Å². The SMILES string of the molecule is CCc1ccc(N(CC(C)C)S(=O)(=O)c2ccc3c(c2)CCN3C(=O)C(F)(F)F)cc1. The van der Waals surface area contributed by atoms with Gasteiger partial charge in [-0.2, -0.15) is 13.2 Å². The molecule has 1 aliphatic rings. The first-order valence-corrected chi connectivity index (χ1v) is 11.5. The summed E-state index contributed by atoms with van der Waals surface area (Å²) in [5.74, 6) is -1.89. The van der Waals surface area contributed by atoms with Crippen LogP contribution in [0.2, 0.25) is 0 Å². The summed E-state index contributed by atoms with van der Waals surface area (Å²) in [6, 6.07) is 11.2. The highest BCUT2D eigenvalue weighted by Crippen LogP contribution is 2.35. The van der Waals surface area contributed by atoms with E-state index in [1.165, 1.54) is 22.5 Å². The average Bonchev–Trinajstić information content (AvgIpc) is 3.13. The number of carbonyl (C=O) groups is 1. The molecule has 0 unspecified atom stereocenters. The van der Waals surface area contributed by atoms with Crippen molar-refractivity contribution < 1.29 is 26.4 Å². The largest absolute Gasteiger partial charge is 0.471 e. The van der Waals surface area contributed by atoms with E-state index in [0.29, 0.717) is 16.2 Å². The van der Waals surface area contributed by atoms with Crippen LogP contribution in [0.3, 0.4) is 0 Å². The lowest BCUT2D eigenvalue weighted by molar-refractivity contribution is -0.170. The van der Waals surface area contributed by atoms with Gasteiger partial charge >= 0.3 is 12.1 Å². The first-order chi connectivity index (χ1) is 14.4. The molecule has 3 rings (SSSR count). The number of fused-ring (bicyclic) bond motifs is 1. The van der Waals surface area contributed by atoms with Crippen LogP contribution in [0.15, 0.2) is 47.4 Å². The lowest BCUT2D eigenvalue weighted by Gasteiger charge is -2.27. The van der Waals surface area contributed by atoms with E-state index in [1.54, 1.807) is 12.1 Å². The molecule has 5 nitrogen and oxygen atoms in total. The summed E-state index contributed by atoms with van der Waals surface area (Å²) in [6.07, 6.45) is -3.99. The number of anilines is 2.